The van der Waals surface area contributed by atoms with E-state index in [4.69, 9.17) is 9.88 Å². The van der Waals surface area contributed by atoms with Gasteiger partial charge in [-0.25, -0.2) is 13.6 Å². The molecule has 0 aliphatic carbocycles. The topological polar surface area (TPSA) is 81.4 Å². The maximum absolute atomic E-state index is 11.5. The average molecular weight is 300 g/mol. The van der Waals surface area contributed by atoms with Gasteiger partial charge in [-0.15, -0.1) is 0 Å². The van der Waals surface area contributed by atoms with Crippen molar-refractivity contribution >= 4 is 15.7 Å². The lowest BCUT2D eigenvalue weighted by Crippen LogP contribution is -2.31. The Balaban J connectivity index is 2.89. The second-order valence-electron chi connectivity index (χ2n) is 5.74. The van der Waals surface area contributed by atoms with Crippen molar-refractivity contribution in [3.05, 3.63) is 23.8 Å². The quantitative estimate of drug-likeness (QED) is 0.844. The van der Waals surface area contributed by atoms with Crippen LogP contribution < -0.4 is 10.5 Å². The molecule has 0 amide bonds. The number of benzene rings is 1. The molecule has 6 heteroatoms. The van der Waals surface area contributed by atoms with E-state index in [0.717, 1.165) is 12.1 Å². The molecule has 0 saturated heterocycles. The molecular weight excluding hydrogens is 276 g/mol. The normalized spacial score (nSPS) is 14.1. The number of aryl methyl sites for hydroxylation is 1. The number of rotatable bonds is 6. The summed E-state index contributed by atoms with van der Waals surface area (Å²) in [4.78, 5) is 0.153. The maximum Gasteiger partial charge on any atom is 0.238 e. The Bertz CT molecular complexity index is 568. The van der Waals surface area contributed by atoms with Crippen LogP contribution in [0, 0.1) is 6.92 Å². The summed E-state index contributed by atoms with van der Waals surface area (Å²) in [5.41, 5.74) is 1.14. The summed E-state index contributed by atoms with van der Waals surface area (Å²) in [5, 5.41) is 8.48. The van der Waals surface area contributed by atoms with Gasteiger partial charge < -0.3 is 10.1 Å². The largest absolute Gasteiger partial charge is 0.382 e. The molecule has 20 heavy (non-hydrogen) atoms. The van der Waals surface area contributed by atoms with Crippen LogP contribution in [0.1, 0.15) is 32.8 Å². The van der Waals surface area contributed by atoms with Crippen molar-refractivity contribution in [1.29, 1.82) is 0 Å². The molecule has 0 fully saturated rings. The molecule has 5 nitrogen and oxygen atoms in total. The van der Waals surface area contributed by atoms with Crippen LogP contribution in [0.2, 0.25) is 0 Å². The number of primary sulfonamides is 1. The third-order valence-electron chi connectivity index (χ3n) is 3.26. The van der Waals surface area contributed by atoms with E-state index in [0.29, 0.717) is 5.56 Å². The zero-order valence-electron chi connectivity index (χ0n) is 12.7. The SMILES string of the molecule is COC(C)(C)CC(C)Nc1ccc(C)c(S(N)(=O)=O)c1. The Morgan fingerprint density at radius 3 is 2.50 bits per heavy atom. The maximum atomic E-state index is 11.5. The summed E-state index contributed by atoms with van der Waals surface area (Å²) >= 11 is 0. The molecule has 0 aliphatic rings. The van der Waals surface area contributed by atoms with Gasteiger partial charge in [-0.3, -0.25) is 0 Å². The first kappa shape index (κ1) is 16.9. The van der Waals surface area contributed by atoms with Gasteiger partial charge in [-0.1, -0.05) is 6.07 Å². The molecule has 0 bridgehead atoms. The summed E-state index contributed by atoms with van der Waals surface area (Å²) < 4.78 is 28.4. The standard InChI is InChI=1S/C14H24N2O3S/c1-10-6-7-12(8-13(10)20(15,17)18)16-11(2)9-14(3,4)19-5/h6-8,11,16H,9H2,1-5H3,(H2,15,17,18). The number of nitrogens with one attached hydrogen (secondary N) is 1. The molecule has 1 aromatic rings. The van der Waals surface area contributed by atoms with E-state index >= 15 is 0 Å². The number of methoxy groups -OCH3 is 1. The van der Waals surface area contributed by atoms with Crippen molar-refractivity contribution in [3.63, 3.8) is 0 Å². The van der Waals surface area contributed by atoms with Crippen molar-refractivity contribution in [1.82, 2.24) is 0 Å². The first-order valence-electron chi connectivity index (χ1n) is 6.50. The van der Waals surface area contributed by atoms with E-state index in [2.05, 4.69) is 5.32 Å². The van der Waals surface area contributed by atoms with Gasteiger partial charge in [0.2, 0.25) is 10.0 Å². The number of hydrogen-bond donors (Lipinski definition) is 2. The van der Waals surface area contributed by atoms with Crippen LogP contribution in [-0.4, -0.2) is 27.2 Å². The van der Waals surface area contributed by atoms with Crippen LogP contribution in [0.25, 0.3) is 0 Å². The monoisotopic (exact) mass is 300 g/mol. The smallest absolute Gasteiger partial charge is 0.238 e. The lowest BCUT2D eigenvalue weighted by molar-refractivity contribution is 0.0128. The molecule has 0 aliphatic heterocycles. The van der Waals surface area contributed by atoms with Gasteiger partial charge >= 0.3 is 0 Å². The van der Waals surface area contributed by atoms with Crippen LogP contribution in [0.5, 0.6) is 0 Å². The molecular formula is C14H24N2O3S. The van der Waals surface area contributed by atoms with Crippen LogP contribution >= 0.6 is 0 Å². The zero-order chi connectivity index (χ0) is 15.6. The molecule has 1 atom stereocenters. The van der Waals surface area contributed by atoms with E-state index in [9.17, 15) is 8.42 Å². The molecule has 0 radical (unpaired) electrons. The molecule has 114 valence electrons. The Hall–Kier alpha value is -1.11. The number of hydrogen-bond acceptors (Lipinski definition) is 4. The summed E-state index contributed by atoms with van der Waals surface area (Å²) in [5.74, 6) is 0. The Labute approximate surface area is 121 Å². The van der Waals surface area contributed by atoms with E-state index in [1.807, 2.05) is 26.8 Å². The van der Waals surface area contributed by atoms with Crippen molar-refractivity contribution in [2.75, 3.05) is 12.4 Å². The number of anilines is 1. The fourth-order valence-electron chi connectivity index (χ4n) is 2.15. The highest BCUT2D eigenvalue weighted by Crippen LogP contribution is 2.22. The van der Waals surface area contributed by atoms with Gasteiger partial charge in [-0.05, 0) is 51.8 Å². The average Bonchev–Trinajstić information content (AvgIpc) is 2.29. The predicted octanol–water partition coefficient (Wildman–Crippen LogP) is 2.26. The lowest BCUT2D eigenvalue weighted by Gasteiger charge is -2.27. The second kappa shape index (κ2) is 6.11. The van der Waals surface area contributed by atoms with Gasteiger partial charge in [0.05, 0.1) is 10.5 Å². The van der Waals surface area contributed by atoms with E-state index < -0.39 is 10.0 Å². The van der Waals surface area contributed by atoms with E-state index in [-0.39, 0.29) is 16.5 Å². The number of nitrogens with two attached hydrogens (primary N) is 1. The van der Waals surface area contributed by atoms with Crippen molar-refractivity contribution in [2.24, 2.45) is 5.14 Å². The van der Waals surface area contributed by atoms with Crippen LogP contribution in [-0.2, 0) is 14.8 Å². The molecule has 1 unspecified atom stereocenters. The minimum Gasteiger partial charge on any atom is -0.382 e. The summed E-state index contributed by atoms with van der Waals surface area (Å²) in [6, 6.07) is 5.30. The molecule has 0 heterocycles. The van der Waals surface area contributed by atoms with Crippen molar-refractivity contribution in [2.45, 2.75) is 50.7 Å². The van der Waals surface area contributed by atoms with Crippen molar-refractivity contribution < 1.29 is 13.2 Å². The summed E-state index contributed by atoms with van der Waals surface area (Å²) in [6.07, 6.45) is 0.794. The van der Waals surface area contributed by atoms with E-state index in [1.165, 1.54) is 0 Å². The highest BCUT2D eigenvalue weighted by atomic mass is 32.2. The summed E-state index contributed by atoms with van der Waals surface area (Å²) in [7, 11) is -2.02. The highest BCUT2D eigenvalue weighted by Gasteiger charge is 2.20. The fourth-order valence-corrected chi connectivity index (χ4v) is 2.96. The molecule has 1 rings (SSSR count). The van der Waals surface area contributed by atoms with Crippen molar-refractivity contribution in [3.8, 4) is 0 Å². The minimum absolute atomic E-state index is 0.140. The Morgan fingerprint density at radius 1 is 1.40 bits per heavy atom. The van der Waals surface area contributed by atoms with Gasteiger partial charge in [0.1, 0.15) is 0 Å². The number of ether oxygens (including phenoxy) is 1. The highest BCUT2D eigenvalue weighted by molar-refractivity contribution is 7.89. The summed E-state index contributed by atoms with van der Waals surface area (Å²) in [6.45, 7) is 7.77. The molecule has 0 spiro atoms. The zero-order valence-corrected chi connectivity index (χ0v) is 13.5. The second-order valence-corrected chi connectivity index (χ2v) is 7.27. The molecule has 1 aromatic carbocycles. The Morgan fingerprint density at radius 2 is 2.00 bits per heavy atom. The fraction of sp³-hybridized carbons (Fsp3) is 0.571. The predicted molar refractivity (Wildman–Crippen MR) is 81.3 cm³/mol. The molecule has 3 N–H and O–H groups in total. The van der Waals surface area contributed by atoms with Crippen LogP contribution in [0.15, 0.2) is 23.1 Å². The number of sulfonamides is 1. The minimum atomic E-state index is -3.70. The van der Waals surface area contributed by atoms with Gasteiger partial charge in [0.25, 0.3) is 0 Å². The Kier molecular flexibility index (Phi) is 5.18. The van der Waals surface area contributed by atoms with Crippen LogP contribution in [0.3, 0.4) is 0 Å². The first-order chi connectivity index (χ1) is 9.05. The molecule has 0 saturated carbocycles. The van der Waals surface area contributed by atoms with E-state index in [1.54, 1.807) is 26.2 Å². The third kappa shape index (κ3) is 4.77. The van der Waals surface area contributed by atoms with Gasteiger partial charge in [0, 0.05) is 18.8 Å². The van der Waals surface area contributed by atoms with Crippen LogP contribution in [0.4, 0.5) is 5.69 Å². The first-order valence-corrected chi connectivity index (χ1v) is 8.05. The molecule has 0 aromatic heterocycles. The third-order valence-corrected chi connectivity index (χ3v) is 4.31. The van der Waals surface area contributed by atoms with Gasteiger partial charge in [-0.2, -0.15) is 0 Å². The lowest BCUT2D eigenvalue weighted by atomic mass is 9.99. The van der Waals surface area contributed by atoms with Gasteiger partial charge in [0.15, 0.2) is 0 Å².